The fraction of sp³-hybridized carbons (Fsp3) is 0.476. The van der Waals surface area contributed by atoms with Gasteiger partial charge in [0.05, 0.1) is 12.2 Å². The zero-order valence-corrected chi connectivity index (χ0v) is 16.1. The minimum atomic E-state index is 0.472. The van der Waals surface area contributed by atoms with E-state index in [-0.39, 0.29) is 0 Å². The van der Waals surface area contributed by atoms with E-state index in [0.717, 1.165) is 42.2 Å². The minimum Gasteiger partial charge on any atom is -0.306 e. The summed E-state index contributed by atoms with van der Waals surface area (Å²) in [5.74, 6) is 3.94. The number of benzene rings is 1. The number of rotatable bonds is 2. The lowest BCUT2D eigenvalue weighted by atomic mass is 9.75. The second-order valence-corrected chi connectivity index (χ2v) is 8.30. The van der Waals surface area contributed by atoms with Gasteiger partial charge in [0.25, 0.3) is 0 Å². The van der Waals surface area contributed by atoms with Crippen LogP contribution in [0.1, 0.15) is 48.8 Å². The Bertz CT molecular complexity index is 892. The first-order chi connectivity index (χ1) is 13.3. The molecule has 5 nitrogen and oxygen atoms in total. The highest BCUT2D eigenvalue weighted by Crippen LogP contribution is 2.40. The van der Waals surface area contributed by atoms with E-state index in [1.165, 1.54) is 36.9 Å². The maximum Gasteiger partial charge on any atom is 0.151 e. The Hall–Kier alpha value is -1.98. The monoisotopic (exact) mass is 381 g/mol. The highest BCUT2D eigenvalue weighted by molar-refractivity contribution is 6.30. The summed E-state index contributed by atoms with van der Waals surface area (Å²) in [6.07, 6.45) is 11.2. The highest BCUT2D eigenvalue weighted by Gasteiger charge is 2.31. The third kappa shape index (κ3) is 3.23. The fourth-order valence-corrected chi connectivity index (χ4v) is 5.00. The van der Waals surface area contributed by atoms with Crippen molar-refractivity contribution >= 4 is 17.8 Å². The van der Waals surface area contributed by atoms with Crippen LogP contribution in [-0.4, -0.2) is 27.5 Å². The average Bonchev–Trinajstić information content (AvgIpc) is 3.04. The second-order valence-electron chi connectivity index (χ2n) is 7.86. The van der Waals surface area contributed by atoms with Gasteiger partial charge in [0, 0.05) is 30.2 Å². The number of aliphatic imine (C=N–C) groups is 1. The van der Waals surface area contributed by atoms with E-state index in [1.807, 2.05) is 12.3 Å². The van der Waals surface area contributed by atoms with Crippen molar-refractivity contribution in [3.8, 4) is 5.69 Å². The third-order valence-electron chi connectivity index (χ3n) is 6.24. The Morgan fingerprint density at radius 1 is 1.07 bits per heavy atom. The van der Waals surface area contributed by atoms with Crippen LogP contribution in [0.15, 0.2) is 35.3 Å². The molecule has 140 valence electrons. The minimum absolute atomic E-state index is 0.472. The molecule has 1 fully saturated rings. The predicted molar refractivity (Wildman–Crippen MR) is 108 cm³/mol. The molecule has 1 aromatic heterocycles. The molecule has 2 aromatic rings. The van der Waals surface area contributed by atoms with Crippen LogP contribution in [0, 0.1) is 11.8 Å². The van der Waals surface area contributed by atoms with Gasteiger partial charge in [0.2, 0.25) is 0 Å². The fourth-order valence-electron chi connectivity index (χ4n) is 4.80. The number of allylic oxidation sites excluding steroid dienone is 1. The summed E-state index contributed by atoms with van der Waals surface area (Å²) in [6, 6.07) is 6.12. The maximum atomic E-state index is 6.23. The van der Waals surface area contributed by atoms with E-state index in [4.69, 9.17) is 11.6 Å². The van der Waals surface area contributed by atoms with Crippen LogP contribution in [0.25, 0.3) is 5.69 Å². The second kappa shape index (κ2) is 7.21. The van der Waals surface area contributed by atoms with Crippen LogP contribution < -0.4 is 5.32 Å². The standard InChI is InChI=1S/C21H24ClN5/c22-18-7-8-19-17(10-18)12-24-13-20-25-26-21(27(19)20)15-5-3-14(4-6-15)16-2-1-9-23-11-16/h1-2,7-10,14-16,24H,3-6,11-13H2/t14-,15-,16?. The van der Waals surface area contributed by atoms with Crippen molar-refractivity contribution in [2.24, 2.45) is 16.8 Å². The van der Waals surface area contributed by atoms with Crippen molar-refractivity contribution < 1.29 is 0 Å². The Morgan fingerprint density at radius 3 is 2.78 bits per heavy atom. The molecule has 0 saturated heterocycles. The first-order valence-electron chi connectivity index (χ1n) is 9.90. The number of halogens is 1. The molecule has 1 atom stereocenters. The van der Waals surface area contributed by atoms with E-state index < -0.39 is 0 Å². The van der Waals surface area contributed by atoms with E-state index in [0.29, 0.717) is 11.8 Å². The molecule has 0 radical (unpaired) electrons. The molecule has 1 saturated carbocycles. The van der Waals surface area contributed by atoms with Crippen LogP contribution in [0.3, 0.4) is 0 Å². The van der Waals surface area contributed by atoms with Crippen LogP contribution in [-0.2, 0) is 13.1 Å². The zero-order valence-electron chi connectivity index (χ0n) is 15.3. The SMILES string of the molecule is Clc1ccc2c(c1)CNCc1nnc([C@H]3CC[C@H](C4C=CC=NC4)CC3)n1-2. The lowest BCUT2D eigenvalue weighted by molar-refractivity contribution is 0.263. The van der Waals surface area contributed by atoms with Crippen LogP contribution in [0.5, 0.6) is 0 Å². The van der Waals surface area contributed by atoms with Gasteiger partial charge in [-0.05, 0) is 67.4 Å². The summed E-state index contributed by atoms with van der Waals surface area (Å²) >= 11 is 6.23. The van der Waals surface area contributed by atoms with Gasteiger partial charge in [-0.15, -0.1) is 10.2 Å². The molecule has 3 heterocycles. The van der Waals surface area contributed by atoms with Crippen molar-refractivity contribution in [1.82, 2.24) is 20.1 Å². The van der Waals surface area contributed by atoms with E-state index in [9.17, 15) is 0 Å². The summed E-state index contributed by atoms with van der Waals surface area (Å²) < 4.78 is 2.28. The molecular weight excluding hydrogens is 358 g/mol. The summed E-state index contributed by atoms with van der Waals surface area (Å²) in [5, 5.41) is 13.4. The number of hydrogen-bond acceptors (Lipinski definition) is 4. The molecule has 27 heavy (non-hydrogen) atoms. The molecule has 1 aliphatic carbocycles. The van der Waals surface area contributed by atoms with Crippen molar-refractivity contribution in [2.75, 3.05) is 6.54 Å². The molecule has 0 amide bonds. The summed E-state index contributed by atoms with van der Waals surface area (Å²) in [5.41, 5.74) is 2.38. The predicted octanol–water partition coefficient (Wildman–Crippen LogP) is 4.05. The van der Waals surface area contributed by atoms with Gasteiger partial charge in [-0.2, -0.15) is 0 Å². The quantitative estimate of drug-likeness (QED) is 0.853. The zero-order chi connectivity index (χ0) is 18.2. The van der Waals surface area contributed by atoms with Crippen LogP contribution in [0.2, 0.25) is 5.02 Å². The number of hydrogen-bond donors (Lipinski definition) is 1. The molecule has 0 bridgehead atoms. The van der Waals surface area contributed by atoms with Crippen molar-refractivity contribution in [3.63, 3.8) is 0 Å². The van der Waals surface area contributed by atoms with Crippen molar-refractivity contribution in [1.29, 1.82) is 0 Å². The Balaban J connectivity index is 1.40. The molecule has 1 N–H and O–H groups in total. The van der Waals surface area contributed by atoms with Crippen molar-refractivity contribution in [3.05, 3.63) is 52.6 Å². The largest absolute Gasteiger partial charge is 0.306 e. The summed E-state index contributed by atoms with van der Waals surface area (Å²) in [4.78, 5) is 4.45. The van der Waals surface area contributed by atoms with E-state index >= 15 is 0 Å². The molecule has 1 unspecified atom stereocenters. The summed E-state index contributed by atoms with van der Waals surface area (Å²) in [7, 11) is 0. The van der Waals surface area contributed by atoms with Crippen LogP contribution in [0.4, 0.5) is 0 Å². The normalized spacial score (nSPS) is 27.1. The molecule has 5 rings (SSSR count). The average molecular weight is 382 g/mol. The van der Waals surface area contributed by atoms with Gasteiger partial charge in [-0.1, -0.05) is 17.7 Å². The Kier molecular flexibility index (Phi) is 4.58. The third-order valence-corrected chi connectivity index (χ3v) is 6.48. The van der Waals surface area contributed by atoms with Gasteiger partial charge < -0.3 is 5.32 Å². The van der Waals surface area contributed by atoms with Crippen molar-refractivity contribution in [2.45, 2.75) is 44.7 Å². The summed E-state index contributed by atoms with van der Waals surface area (Å²) in [6.45, 7) is 2.49. The lowest BCUT2D eigenvalue weighted by Crippen LogP contribution is -2.24. The van der Waals surface area contributed by atoms with Gasteiger partial charge in [0.1, 0.15) is 5.82 Å². The highest BCUT2D eigenvalue weighted by atomic mass is 35.5. The number of fused-ring (bicyclic) bond motifs is 3. The Morgan fingerprint density at radius 2 is 1.96 bits per heavy atom. The lowest BCUT2D eigenvalue weighted by Gasteiger charge is -2.32. The first-order valence-corrected chi connectivity index (χ1v) is 10.3. The van der Waals surface area contributed by atoms with E-state index in [2.05, 4.69) is 49.4 Å². The van der Waals surface area contributed by atoms with Gasteiger partial charge in [0.15, 0.2) is 5.82 Å². The number of nitrogens with one attached hydrogen (secondary N) is 1. The van der Waals surface area contributed by atoms with Gasteiger partial charge in [-0.25, -0.2) is 0 Å². The Labute approximate surface area is 164 Å². The molecule has 6 heteroatoms. The molecule has 3 aliphatic rings. The maximum absolute atomic E-state index is 6.23. The number of nitrogens with zero attached hydrogens (tertiary/aromatic N) is 4. The number of dihydropyridines is 1. The van der Waals surface area contributed by atoms with E-state index in [1.54, 1.807) is 0 Å². The van der Waals surface area contributed by atoms with Gasteiger partial charge in [-0.3, -0.25) is 9.56 Å². The molecular formula is C21H24ClN5. The molecule has 1 aromatic carbocycles. The molecule has 0 spiro atoms. The smallest absolute Gasteiger partial charge is 0.151 e. The van der Waals surface area contributed by atoms with Gasteiger partial charge >= 0.3 is 0 Å². The topological polar surface area (TPSA) is 55.1 Å². The molecule has 2 aliphatic heterocycles. The van der Waals surface area contributed by atoms with Crippen LogP contribution >= 0.6 is 11.6 Å². The first kappa shape index (κ1) is 17.1. The number of aromatic nitrogens is 3.